The van der Waals surface area contributed by atoms with Crippen molar-refractivity contribution >= 4 is 95.1 Å². The maximum Gasteiger partial charge on any atom is 0.263 e. The van der Waals surface area contributed by atoms with E-state index in [1.54, 1.807) is 9.13 Å². The average molecular weight is 1120 g/mol. The molecule has 0 aliphatic carbocycles. The fraction of sp³-hybridized carbons (Fsp3) is 0.727. The van der Waals surface area contributed by atoms with E-state index < -0.39 is 0 Å². The summed E-state index contributed by atoms with van der Waals surface area (Å²) in [4.78, 5) is 60.4. The summed E-state index contributed by atoms with van der Waals surface area (Å²) in [6, 6.07) is 3.82. The van der Waals surface area contributed by atoms with Crippen molar-refractivity contribution in [2.24, 2.45) is 11.8 Å². The molecule has 6 rings (SSSR count). The molecule has 10 heteroatoms. The number of hydrogen-bond acceptors (Lipinski definition) is 8. The first-order chi connectivity index (χ1) is 37.3. The van der Waals surface area contributed by atoms with Gasteiger partial charge in [0.25, 0.3) is 22.2 Å². The Bertz CT molecular complexity index is 2630. The molecular weight excluding hydrogens is 1010 g/mol. The van der Waals surface area contributed by atoms with Crippen LogP contribution in [0.25, 0.3) is 49.7 Å². The molecule has 0 aliphatic rings. The summed E-state index contributed by atoms with van der Waals surface area (Å²) >= 11 is 6.04. The van der Waals surface area contributed by atoms with Gasteiger partial charge in [-0.1, -0.05) is 259 Å². The monoisotopic (exact) mass is 1110 g/mol. The van der Waals surface area contributed by atoms with E-state index in [-0.39, 0.29) is 34.1 Å². The Morgan fingerprint density at radius 3 is 0.816 bits per heavy atom. The third-order valence-corrected chi connectivity index (χ3v) is 21.6. The first-order valence-corrected chi connectivity index (χ1v) is 35.2. The van der Waals surface area contributed by atoms with Gasteiger partial charge in [-0.3, -0.25) is 28.3 Å². The largest absolute Gasteiger partial charge is 0.274 e. The maximum absolute atomic E-state index is 15.4. The average Bonchev–Trinajstić information content (AvgIpc) is 4.27. The minimum absolute atomic E-state index is 0.182. The standard InChI is InChI=1S/C66H102N2O4S4/c1-5-9-13-17-21-25-27-31-35-39-43-51(41-37-33-29-23-19-15-11-7-3)49-67-63(69)53-45-47-73-57(53)59-55(65(67)71)61-62(75-59)56-60(76-61)58-54(46-48-74-58)64(70)68(66(56)72)50-52(42-38-34-30-24-20-16-12-8-4)44-40-36-32-28-26-22-18-14-10-6-2/h45-48,51-52H,5-44,49-50H2,1-4H3. The number of aromatic nitrogens is 2. The molecule has 0 aliphatic heterocycles. The summed E-state index contributed by atoms with van der Waals surface area (Å²) in [6.45, 7) is 9.96. The zero-order valence-corrected chi connectivity index (χ0v) is 51.6. The topological polar surface area (TPSA) is 78.1 Å². The molecule has 0 spiro atoms. The molecular formula is C66H102N2O4S4. The van der Waals surface area contributed by atoms with Gasteiger partial charge in [0.15, 0.2) is 0 Å². The number of hydrogen-bond donors (Lipinski definition) is 0. The van der Waals surface area contributed by atoms with Crippen LogP contribution in [0.15, 0.2) is 42.1 Å². The third-order valence-electron chi connectivity index (χ3n) is 16.9. The van der Waals surface area contributed by atoms with E-state index in [1.807, 2.05) is 22.9 Å². The lowest BCUT2D eigenvalue weighted by Gasteiger charge is -2.18. The Morgan fingerprint density at radius 2 is 0.553 bits per heavy atom. The van der Waals surface area contributed by atoms with Gasteiger partial charge in [0.1, 0.15) is 0 Å². The lowest BCUT2D eigenvalue weighted by Crippen LogP contribution is -2.33. The van der Waals surface area contributed by atoms with Crippen molar-refractivity contribution < 1.29 is 0 Å². The highest BCUT2D eigenvalue weighted by Crippen LogP contribution is 2.46. The molecule has 0 N–H and O–H groups in total. The summed E-state index contributed by atoms with van der Waals surface area (Å²) in [6.07, 6.45) is 50.0. The number of nitrogens with zero attached hydrogens (tertiary/aromatic N) is 2. The smallest absolute Gasteiger partial charge is 0.263 e. The minimum Gasteiger partial charge on any atom is -0.274 e. The predicted octanol–water partition coefficient (Wildman–Crippen LogP) is 21.7. The molecule has 6 aromatic rings. The van der Waals surface area contributed by atoms with Crippen LogP contribution in [-0.4, -0.2) is 9.13 Å². The van der Waals surface area contributed by atoms with Gasteiger partial charge in [-0.25, -0.2) is 0 Å². The zero-order valence-electron chi connectivity index (χ0n) is 48.3. The van der Waals surface area contributed by atoms with E-state index in [0.717, 1.165) is 79.6 Å². The number of rotatable bonds is 44. The molecule has 2 atom stereocenters. The Hall–Kier alpha value is -2.66. The van der Waals surface area contributed by atoms with Crippen molar-refractivity contribution in [3.05, 3.63) is 64.3 Å². The van der Waals surface area contributed by atoms with Crippen molar-refractivity contribution in [2.45, 2.75) is 298 Å². The zero-order chi connectivity index (χ0) is 53.7. The van der Waals surface area contributed by atoms with Crippen LogP contribution < -0.4 is 22.2 Å². The fourth-order valence-corrected chi connectivity index (χ4v) is 17.1. The molecule has 6 heterocycles. The Balaban J connectivity index is 1.31. The van der Waals surface area contributed by atoms with Gasteiger partial charge < -0.3 is 0 Å². The van der Waals surface area contributed by atoms with Gasteiger partial charge in [-0.05, 0) is 60.4 Å². The van der Waals surface area contributed by atoms with Gasteiger partial charge in [0.05, 0.1) is 49.7 Å². The first-order valence-electron chi connectivity index (χ1n) is 31.8. The molecule has 0 aromatic carbocycles. The van der Waals surface area contributed by atoms with E-state index in [9.17, 15) is 9.59 Å². The molecule has 6 aromatic heterocycles. The lowest BCUT2D eigenvalue weighted by atomic mass is 9.93. The van der Waals surface area contributed by atoms with Crippen LogP contribution in [0.5, 0.6) is 0 Å². The quantitative estimate of drug-likeness (QED) is 0.0357. The normalized spacial score (nSPS) is 12.9. The highest BCUT2D eigenvalue weighted by molar-refractivity contribution is 7.39. The number of unbranched alkanes of at least 4 members (excludes halogenated alkanes) is 32. The second-order valence-corrected chi connectivity index (χ2v) is 27.1. The summed E-state index contributed by atoms with van der Waals surface area (Å²) in [5, 5.41) is 6.33. The third kappa shape index (κ3) is 18.7. The SMILES string of the molecule is CCCCCCCCCCCCC(CCCCCCCCCC)Cn1c(=O)c2ccsc2c2sc3c(sc4c5sccc5c(=O)n(CC(CCCCCCCCCC)CCCCCCCCCCCC)c(=O)c43)c2c1=O. The van der Waals surface area contributed by atoms with Crippen molar-refractivity contribution in [2.75, 3.05) is 0 Å². The van der Waals surface area contributed by atoms with Crippen molar-refractivity contribution in [1.29, 1.82) is 0 Å². The molecule has 0 saturated carbocycles. The van der Waals surface area contributed by atoms with Crippen LogP contribution in [0, 0.1) is 11.8 Å². The summed E-state index contributed by atoms with van der Waals surface area (Å²) < 4.78 is 8.09. The van der Waals surface area contributed by atoms with Gasteiger partial charge >= 0.3 is 0 Å². The second kappa shape index (κ2) is 35.8. The van der Waals surface area contributed by atoms with Crippen LogP contribution >= 0.6 is 45.3 Å². The molecule has 0 bridgehead atoms. The van der Waals surface area contributed by atoms with Gasteiger partial charge in [-0.2, -0.15) is 0 Å². The lowest BCUT2D eigenvalue weighted by molar-refractivity contribution is 0.350. The molecule has 424 valence electrons. The molecule has 6 nitrogen and oxygen atoms in total. The molecule has 0 radical (unpaired) electrons. The Morgan fingerprint density at radius 1 is 0.316 bits per heavy atom. The van der Waals surface area contributed by atoms with Crippen LogP contribution in [0.3, 0.4) is 0 Å². The molecule has 0 fully saturated rings. The van der Waals surface area contributed by atoms with E-state index >= 15 is 9.59 Å². The van der Waals surface area contributed by atoms with Gasteiger partial charge in [0.2, 0.25) is 0 Å². The van der Waals surface area contributed by atoms with Gasteiger partial charge in [-0.15, -0.1) is 45.3 Å². The van der Waals surface area contributed by atoms with Crippen molar-refractivity contribution in [1.82, 2.24) is 9.13 Å². The van der Waals surface area contributed by atoms with Crippen molar-refractivity contribution in [3.63, 3.8) is 0 Å². The summed E-state index contributed by atoms with van der Waals surface area (Å²) in [5.41, 5.74) is -0.802. The highest BCUT2D eigenvalue weighted by Gasteiger charge is 2.26. The van der Waals surface area contributed by atoms with Crippen LogP contribution in [0.4, 0.5) is 0 Å². The highest BCUT2D eigenvalue weighted by atomic mass is 32.1. The summed E-state index contributed by atoms with van der Waals surface area (Å²) in [7, 11) is 0. The molecule has 2 unspecified atom stereocenters. The second-order valence-electron chi connectivity index (χ2n) is 23.2. The van der Waals surface area contributed by atoms with Crippen molar-refractivity contribution in [3.8, 4) is 0 Å². The molecule has 0 saturated heterocycles. The van der Waals surface area contributed by atoms with E-state index in [4.69, 9.17) is 0 Å². The molecule has 0 amide bonds. The summed E-state index contributed by atoms with van der Waals surface area (Å²) in [5.74, 6) is 0.488. The Kier molecular flexibility index (Phi) is 29.5. The predicted molar refractivity (Wildman–Crippen MR) is 341 cm³/mol. The van der Waals surface area contributed by atoms with Crippen LogP contribution in [0.2, 0.25) is 0 Å². The van der Waals surface area contributed by atoms with E-state index in [0.29, 0.717) is 34.6 Å². The fourth-order valence-electron chi connectivity index (χ4n) is 12.2. The molecule has 76 heavy (non-hydrogen) atoms. The number of fused-ring (bicyclic) bond motifs is 9. The number of thiophene rings is 4. The first kappa shape index (κ1) is 62.5. The minimum atomic E-state index is -0.219. The van der Waals surface area contributed by atoms with Gasteiger partial charge in [0, 0.05) is 13.1 Å². The maximum atomic E-state index is 15.4. The van der Waals surface area contributed by atoms with Crippen LogP contribution in [0.1, 0.15) is 285 Å². The Labute approximate surface area is 474 Å². The van der Waals surface area contributed by atoms with E-state index in [2.05, 4.69) is 27.7 Å². The van der Waals surface area contributed by atoms with E-state index in [1.165, 1.54) is 251 Å². The van der Waals surface area contributed by atoms with Crippen LogP contribution in [-0.2, 0) is 13.1 Å².